The van der Waals surface area contributed by atoms with E-state index in [0.29, 0.717) is 12.6 Å². The standard InChI is InChI=1S/C16H27N3O/c1-14-4-2-5-15(12-14)16(13-17)19-7-3-6-18(8-9-19)10-11-20/h2,4-5,12,16,20H,3,6-11,13,17H2,1H3. The van der Waals surface area contributed by atoms with Crippen molar-refractivity contribution in [2.45, 2.75) is 19.4 Å². The SMILES string of the molecule is Cc1cccc(C(CN)N2CCCN(CCO)CC2)c1. The Morgan fingerprint density at radius 3 is 2.80 bits per heavy atom. The number of aliphatic hydroxyl groups excluding tert-OH is 1. The van der Waals surface area contributed by atoms with Crippen LogP contribution in [0.1, 0.15) is 23.6 Å². The molecule has 0 aromatic heterocycles. The van der Waals surface area contributed by atoms with Crippen LogP contribution in [0.3, 0.4) is 0 Å². The highest BCUT2D eigenvalue weighted by molar-refractivity contribution is 5.25. The Kier molecular flexibility index (Phi) is 5.98. The Bertz CT molecular complexity index is 410. The Balaban J connectivity index is 2.04. The van der Waals surface area contributed by atoms with E-state index in [9.17, 15) is 0 Å². The first kappa shape index (κ1) is 15.4. The minimum absolute atomic E-state index is 0.248. The lowest BCUT2D eigenvalue weighted by molar-refractivity contribution is 0.182. The number of hydrogen-bond acceptors (Lipinski definition) is 4. The number of β-amino-alcohol motifs (C(OH)–C–C–N with tert-alkyl or cyclic N) is 1. The molecule has 4 nitrogen and oxygen atoms in total. The molecule has 1 aromatic carbocycles. The molecular weight excluding hydrogens is 250 g/mol. The molecule has 0 amide bonds. The van der Waals surface area contributed by atoms with Crippen molar-refractivity contribution in [1.29, 1.82) is 0 Å². The number of nitrogens with two attached hydrogens (primary N) is 1. The van der Waals surface area contributed by atoms with E-state index in [1.165, 1.54) is 11.1 Å². The fourth-order valence-corrected chi connectivity index (χ4v) is 3.04. The summed E-state index contributed by atoms with van der Waals surface area (Å²) in [7, 11) is 0. The molecule has 4 heteroatoms. The van der Waals surface area contributed by atoms with E-state index in [1.54, 1.807) is 0 Å². The minimum atomic E-state index is 0.248. The molecule has 1 saturated heterocycles. The number of nitrogens with zero attached hydrogens (tertiary/aromatic N) is 2. The van der Waals surface area contributed by atoms with E-state index >= 15 is 0 Å². The quantitative estimate of drug-likeness (QED) is 0.843. The van der Waals surface area contributed by atoms with Gasteiger partial charge in [-0.15, -0.1) is 0 Å². The van der Waals surface area contributed by atoms with Gasteiger partial charge in [0.1, 0.15) is 0 Å². The topological polar surface area (TPSA) is 52.7 Å². The lowest BCUT2D eigenvalue weighted by Gasteiger charge is -2.30. The molecule has 2 rings (SSSR count). The monoisotopic (exact) mass is 277 g/mol. The van der Waals surface area contributed by atoms with Crippen molar-refractivity contribution < 1.29 is 5.11 Å². The maximum atomic E-state index is 9.06. The summed E-state index contributed by atoms with van der Waals surface area (Å²) >= 11 is 0. The van der Waals surface area contributed by atoms with Gasteiger partial charge in [-0.05, 0) is 25.5 Å². The smallest absolute Gasteiger partial charge is 0.0558 e. The third-order valence-electron chi connectivity index (χ3n) is 4.13. The number of aliphatic hydroxyl groups is 1. The molecular formula is C16H27N3O. The summed E-state index contributed by atoms with van der Waals surface area (Å²) < 4.78 is 0. The molecule has 1 atom stereocenters. The van der Waals surface area contributed by atoms with Gasteiger partial charge in [0.15, 0.2) is 0 Å². The molecule has 1 fully saturated rings. The zero-order chi connectivity index (χ0) is 14.4. The van der Waals surface area contributed by atoms with Crippen LogP contribution >= 0.6 is 0 Å². The van der Waals surface area contributed by atoms with E-state index in [1.807, 2.05) is 0 Å². The zero-order valence-corrected chi connectivity index (χ0v) is 12.5. The second-order valence-corrected chi connectivity index (χ2v) is 5.62. The number of benzene rings is 1. The molecule has 0 saturated carbocycles. The summed E-state index contributed by atoms with van der Waals surface area (Å²) in [5, 5.41) is 9.06. The molecule has 112 valence electrons. The van der Waals surface area contributed by atoms with Crippen LogP contribution < -0.4 is 5.73 Å². The molecule has 0 aliphatic carbocycles. The van der Waals surface area contributed by atoms with Crippen LogP contribution in [0.4, 0.5) is 0 Å². The normalized spacial score (nSPS) is 19.8. The maximum Gasteiger partial charge on any atom is 0.0558 e. The number of aryl methyl sites for hydroxylation is 1. The van der Waals surface area contributed by atoms with Gasteiger partial charge in [-0.3, -0.25) is 9.80 Å². The first-order chi connectivity index (χ1) is 9.74. The minimum Gasteiger partial charge on any atom is -0.395 e. The van der Waals surface area contributed by atoms with Crippen molar-refractivity contribution in [3.05, 3.63) is 35.4 Å². The van der Waals surface area contributed by atoms with Crippen LogP contribution in [-0.2, 0) is 0 Å². The van der Waals surface area contributed by atoms with Crippen molar-refractivity contribution >= 4 is 0 Å². The van der Waals surface area contributed by atoms with Crippen LogP contribution in [0, 0.1) is 6.92 Å². The molecule has 1 aromatic rings. The second-order valence-electron chi connectivity index (χ2n) is 5.62. The van der Waals surface area contributed by atoms with Gasteiger partial charge in [0.25, 0.3) is 0 Å². The summed E-state index contributed by atoms with van der Waals surface area (Å²) in [6.07, 6.45) is 1.14. The van der Waals surface area contributed by atoms with Gasteiger partial charge in [-0.25, -0.2) is 0 Å². The molecule has 20 heavy (non-hydrogen) atoms. The third kappa shape index (κ3) is 4.03. The largest absolute Gasteiger partial charge is 0.395 e. The Hall–Kier alpha value is -0.940. The predicted molar refractivity (Wildman–Crippen MR) is 82.7 cm³/mol. The van der Waals surface area contributed by atoms with Gasteiger partial charge in [0.05, 0.1) is 6.61 Å². The summed E-state index contributed by atoms with van der Waals surface area (Å²) in [6, 6.07) is 8.98. The van der Waals surface area contributed by atoms with Crippen LogP contribution in [-0.4, -0.2) is 60.8 Å². The average molecular weight is 277 g/mol. The molecule has 0 radical (unpaired) electrons. The zero-order valence-electron chi connectivity index (χ0n) is 12.5. The maximum absolute atomic E-state index is 9.06. The van der Waals surface area contributed by atoms with Gasteiger partial charge < -0.3 is 10.8 Å². The van der Waals surface area contributed by atoms with Crippen LogP contribution in [0.25, 0.3) is 0 Å². The summed E-state index contributed by atoms with van der Waals surface area (Å²) in [6.45, 7) is 8.01. The second kappa shape index (κ2) is 7.74. The lowest BCUT2D eigenvalue weighted by Crippen LogP contribution is -2.37. The first-order valence-electron chi connectivity index (χ1n) is 7.58. The van der Waals surface area contributed by atoms with E-state index in [0.717, 1.165) is 39.1 Å². The van der Waals surface area contributed by atoms with Gasteiger partial charge in [0.2, 0.25) is 0 Å². The molecule has 0 spiro atoms. The van der Waals surface area contributed by atoms with Gasteiger partial charge in [-0.2, -0.15) is 0 Å². The van der Waals surface area contributed by atoms with E-state index < -0.39 is 0 Å². The highest BCUT2D eigenvalue weighted by Gasteiger charge is 2.22. The molecule has 1 heterocycles. The molecule has 1 unspecified atom stereocenters. The van der Waals surface area contributed by atoms with Gasteiger partial charge in [0, 0.05) is 38.8 Å². The Morgan fingerprint density at radius 1 is 1.25 bits per heavy atom. The highest BCUT2D eigenvalue weighted by Crippen LogP contribution is 2.22. The van der Waals surface area contributed by atoms with E-state index in [-0.39, 0.29) is 6.61 Å². The van der Waals surface area contributed by atoms with Crippen LogP contribution in [0.2, 0.25) is 0 Å². The first-order valence-corrected chi connectivity index (χ1v) is 7.58. The lowest BCUT2D eigenvalue weighted by atomic mass is 10.0. The van der Waals surface area contributed by atoms with Crippen molar-refractivity contribution in [3.8, 4) is 0 Å². The molecule has 1 aliphatic rings. The number of hydrogen-bond donors (Lipinski definition) is 2. The number of rotatable bonds is 5. The Labute approximate surface area is 122 Å². The van der Waals surface area contributed by atoms with Crippen molar-refractivity contribution in [3.63, 3.8) is 0 Å². The molecule has 3 N–H and O–H groups in total. The fraction of sp³-hybridized carbons (Fsp3) is 0.625. The predicted octanol–water partition coefficient (Wildman–Crippen LogP) is 0.995. The van der Waals surface area contributed by atoms with Gasteiger partial charge in [-0.1, -0.05) is 29.8 Å². The van der Waals surface area contributed by atoms with Crippen molar-refractivity contribution in [2.24, 2.45) is 5.73 Å². The Morgan fingerprint density at radius 2 is 2.10 bits per heavy atom. The third-order valence-corrected chi connectivity index (χ3v) is 4.13. The highest BCUT2D eigenvalue weighted by atomic mass is 16.3. The van der Waals surface area contributed by atoms with E-state index in [4.69, 9.17) is 10.8 Å². The summed E-state index contributed by atoms with van der Waals surface area (Å²) in [5.41, 5.74) is 8.65. The molecule has 1 aliphatic heterocycles. The molecule has 0 bridgehead atoms. The van der Waals surface area contributed by atoms with Gasteiger partial charge >= 0.3 is 0 Å². The summed E-state index contributed by atoms with van der Waals surface area (Å²) in [4.78, 5) is 4.83. The average Bonchev–Trinajstić information content (AvgIpc) is 2.66. The van der Waals surface area contributed by atoms with Crippen molar-refractivity contribution in [1.82, 2.24) is 9.80 Å². The van der Waals surface area contributed by atoms with Crippen molar-refractivity contribution in [2.75, 3.05) is 45.9 Å². The summed E-state index contributed by atoms with van der Waals surface area (Å²) in [5.74, 6) is 0. The van der Waals surface area contributed by atoms with Crippen LogP contribution in [0.5, 0.6) is 0 Å². The van der Waals surface area contributed by atoms with E-state index in [2.05, 4.69) is 41.0 Å². The van der Waals surface area contributed by atoms with Crippen LogP contribution in [0.15, 0.2) is 24.3 Å². The fourth-order valence-electron chi connectivity index (χ4n) is 3.04.